The molecule has 2 aromatic carbocycles. The molecule has 0 bridgehead atoms. The third kappa shape index (κ3) is 5.13. The van der Waals surface area contributed by atoms with Gasteiger partial charge < -0.3 is 20.5 Å². The van der Waals surface area contributed by atoms with Gasteiger partial charge in [-0.05, 0) is 55.5 Å². The molecule has 2 rings (SSSR count). The summed E-state index contributed by atoms with van der Waals surface area (Å²) in [4.78, 5) is 25.1. The molecule has 0 aliphatic carbocycles. The molecule has 3 amide bonds. The molecule has 0 saturated heterocycles. The van der Waals surface area contributed by atoms with Crippen LogP contribution in [0.1, 0.15) is 13.8 Å². The van der Waals surface area contributed by atoms with Crippen molar-refractivity contribution in [3.63, 3.8) is 0 Å². The van der Waals surface area contributed by atoms with E-state index >= 15 is 0 Å². The summed E-state index contributed by atoms with van der Waals surface area (Å²) < 4.78 is 10.8. The molecule has 0 aromatic heterocycles. The number of nitrogens with zero attached hydrogens (tertiary/aromatic N) is 1. The Morgan fingerprint density at radius 2 is 1.56 bits per heavy atom. The Bertz CT molecular complexity index is 714. The number of urea groups is 1. The molecular weight excluding hydrogens is 322 g/mol. The van der Waals surface area contributed by atoms with E-state index in [9.17, 15) is 9.59 Å². The second-order valence-corrected chi connectivity index (χ2v) is 5.12. The number of ether oxygens (including phenoxy) is 2. The van der Waals surface area contributed by atoms with E-state index in [1.807, 2.05) is 6.92 Å². The molecule has 0 heterocycles. The lowest BCUT2D eigenvalue weighted by Crippen LogP contribution is -2.44. The zero-order valence-corrected chi connectivity index (χ0v) is 14.2. The van der Waals surface area contributed by atoms with Crippen LogP contribution < -0.4 is 25.4 Å². The lowest BCUT2D eigenvalue weighted by Gasteiger charge is -2.20. The number of hydrogen-bond donors (Lipinski definition) is 2. The van der Waals surface area contributed by atoms with Crippen LogP contribution in [0.3, 0.4) is 0 Å². The number of nitrogen functional groups attached to an aromatic ring is 1. The summed E-state index contributed by atoms with van der Waals surface area (Å²) in [5, 5.41) is 2.55. The summed E-state index contributed by atoms with van der Waals surface area (Å²) in [6, 6.07) is 12.9. The zero-order chi connectivity index (χ0) is 18.2. The van der Waals surface area contributed by atoms with Crippen molar-refractivity contribution in [3.8, 4) is 11.5 Å². The summed E-state index contributed by atoms with van der Waals surface area (Å²) in [5.41, 5.74) is 6.60. The predicted octanol–water partition coefficient (Wildman–Crippen LogP) is 2.77. The summed E-state index contributed by atoms with van der Waals surface area (Å²) in [6.45, 7) is 3.72. The van der Waals surface area contributed by atoms with E-state index in [2.05, 4.69) is 5.32 Å². The van der Waals surface area contributed by atoms with Crippen molar-refractivity contribution in [2.24, 2.45) is 0 Å². The second-order valence-electron chi connectivity index (χ2n) is 5.12. The van der Waals surface area contributed by atoms with Crippen LogP contribution in [0.25, 0.3) is 0 Å². The van der Waals surface area contributed by atoms with Crippen molar-refractivity contribution >= 4 is 23.3 Å². The monoisotopic (exact) mass is 343 g/mol. The van der Waals surface area contributed by atoms with Gasteiger partial charge in [0.2, 0.25) is 5.91 Å². The highest BCUT2D eigenvalue weighted by atomic mass is 16.5. The number of amides is 3. The minimum atomic E-state index is -0.580. The van der Waals surface area contributed by atoms with E-state index in [1.165, 1.54) is 6.92 Å². The maximum Gasteiger partial charge on any atom is 0.331 e. The Morgan fingerprint density at radius 1 is 1.00 bits per heavy atom. The maximum atomic E-state index is 12.3. The van der Waals surface area contributed by atoms with Gasteiger partial charge in [-0.3, -0.25) is 4.79 Å². The fourth-order valence-electron chi connectivity index (χ4n) is 2.12. The van der Waals surface area contributed by atoms with Crippen molar-refractivity contribution in [2.75, 3.05) is 24.0 Å². The lowest BCUT2D eigenvalue weighted by atomic mass is 10.2. The molecule has 2 aromatic rings. The van der Waals surface area contributed by atoms with Crippen molar-refractivity contribution in [3.05, 3.63) is 48.5 Å². The number of carbonyl (C=O) groups excluding carboxylic acids is 2. The highest BCUT2D eigenvalue weighted by Gasteiger charge is 2.19. The molecule has 0 aliphatic rings. The SMILES string of the molecule is CCOc1ccc(OCNC(=O)N(C(C)=O)c2ccc(N)cc2)cc1. The van der Waals surface area contributed by atoms with Gasteiger partial charge >= 0.3 is 6.03 Å². The normalized spacial score (nSPS) is 10.0. The maximum absolute atomic E-state index is 12.3. The van der Waals surface area contributed by atoms with Crippen molar-refractivity contribution in [1.82, 2.24) is 5.32 Å². The van der Waals surface area contributed by atoms with Gasteiger partial charge in [0.1, 0.15) is 11.5 Å². The fourth-order valence-corrected chi connectivity index (χ4v) is 2.12. The van der Waals surface area contributed by atoms with E-state index in [4.69, 9.17) is 15.2 Å². The summed E-state index contributed by atoms with van der Waals surface area (Å²) in [5.74, 6) is 0.902. The van der Waals surface area contributed by atoms with Crippen LogP contribution in [0.2, 0.25) is 0 Å². The Balaban J connectivity index is 1.92. The first-order chi connectivity index (χ1) is 12.0. The van der Waals surface area contributed by atoms with Gasteiger partial charge in [-0.1, -0.05) is 0 Å². The second kappa shape index (κ2) is 8.58. The highest BCUT2D eigenvalue weighted by Crippen LogP contribution is 2.18. The van der Waals surface area contributed by atoms with Crippen LogP contribution in [-0.2, 0) is 4.79 Å². The molecule has 0 spiro atoms. The molecule has 0 unspecified atom stereocenters. The number of nitrogens with two attached hydrogens (primary N) is 1. The third-order valence-electron chi connectivity index (χ3n) is 3.27. The van der Waals surface area contributed by atoms with Gasteiger partial charge in [0.25, 0.3) is 0 Å². The van der Waals surface area contributed by atoms with Gasteiger partial charge in [0, 0.05) is 12.6 Å². The molecule has 3 N–H and O–H groups in total. The molecule has 25 heavy (non-hydrogen) atoms. The van der Waals surface area contributed by atoms with Gasteiger partial charge in [-0.15, -0.1) is 0 Å². The van der Waals surface area contributed by atoms with E-state index in [1.54, 1.807) is 48.5 Å². The number of carbonyl (C=O) groups is 2. The van der Waals surface area contributed by atoms with Crippen LogP contribution in [0, 0.1) is 0 Å². The summed E-state index contributed by atoms with van der Waals surface area (Å²) in [7, 11) is 0. The minimum Gasteiger partial charge on any atom is -0.494 e. The first kappa shape index (κ1) is 18.1. The molecule has 0 atom stereocenters. The van der Waals surface area contributed by atoms with Crippen LogP contribution in [-0.4, -0.2) is 25.3 Å². The van der Waals surface area contributed by atoms with Gasteiger partial charge in [0.05, 0.1) is 12.3 Å². The van der Waals surface area contributed by atoms with Crippen LogP contribution in [0.4, 0.5) is 16.2 Å². The van der Waals surface area contributed by atoms with E-state index in [0.29, 0.717) is 23.7 Å². The van der Waals surface area contributed by atoms with Crippen molar-refractivity contribution < 1.29 is 19.1 Å². The van der Waals surface area contributed by atoms with Gasteiger partial charge in [0.15, 0.2) is 6.73 Å². The molecule has 0 radical (unpaired) electrons. The minimum absolute atomic E-state index is 0.0778. The zero-order valence-electron chi connectivity index (χ0n) is 14.2. The number of nitrogens with one attached hydrogen (secondary N) is 1. The van der Waals surface area contributed by atoms with Crippen molar-refractivity contribution in [2.45, 2.75) is 13.8 Å². The highest BCUT2D eigenvalue weighted by molar-refractivity contribution is 6.13. The average molecular weight is 343 g/mol. The predicted molar refractivity (Wildman–Crippen MR) is 95.7 cm³/mol. The largest absolute Gasteiger partial charge is 0.494 e. The third-order valence-corrected chi connectivity index (χ3v) is 3.27. The fraction of sp³-hybridized carbons (Fsp3) is 0.222. The number of rotatable bonds is 6. The average Bonchev–Trinajstić information content (AvgIpc) is 2.58. The molecule has 7 nitrogen and oxygen atoms in total. The van der Waals surface area contributed by atoms with Crippen LogP contribution in [0.5, 0.6) is 11.5 Å². The van der Waals surface area contributed by atoms with E-state index in [-0.39, 0.29) is 6.73 Å². The topological polar surface area (TPSA) is 93.9 Å². The standard InChI is InChI=1S/C18H21N3O4/c1-3-24-16-8-10-17(11-9-16)25-12-20-18(23)21(13(2)22)15-6-4-14(19)5-7-15/h4-11H,3,12,19H2,1-2H3,(H,20,23). The quantitative estimate of drug-likeness (QED) is 0.621. The lowest BCUT2D eigenvalue weighted by molar-refractivity contribution is -0.115. The molecule has 7 heteroatoms. The van der Waals surface area contributed by atoms with E-state index in [0.717, 1.165) is 10.6 Å². The van der Waals surface area contributed by atoms with Gasteiger partial charge in [-0.25, -0.2) is 9.69 Å². The molecule has 132 valence electrons. The van der Waals surface area contributed by atoms with Gasteiger partial charge in [-0.2, -0.15) is 0 Å². The number of imide groups is 1. The van der Waals surface area contributed by atoms with Crippen LogP contribution in [0.15, 0.2) is 48.5 Å². The number of benzene rings is 2. The van der Waals surface area contributed by atoms with Crippen LogP contribution >= 0.6 is 0 Å². The molecular formula is C18H21N3O4. The number of anilines is 2. The Kier molecular flexibility index (Phi) is 6.22. The Labute approximate surface area is 146 Å². The van der Waals surface area contributed by atoms with E-state index < -0.39 is 11.9 Å². The summed E-state index contributed by atoms with van der Waals surface area (Å²) >= 11 is 0. The Hall–Kier alpha value is -3.22. The smallest absolute Gasteiger partial charge is 0.331 e. The first-order valence-electron chi connectivity index (χ1n) is 7.81. The van der Waals surface area contributed by atoms with Crippen molar-refractivity contribution in [1.29, 1.82) is 0 Å². The Morgan fingerprint density at radius 3 is 2.08 bits per heavy atom. The summed E-state index contributed by atoms with van der Waals surface area (Å²) in [6.07, 6.45) is 0. The number of hydrogen-bond acceptors (Lipinski definition) is 5. The molecule has 0 saturated carbocycles. The molecule has 0 aliphatic heterocycles. The molecule has 0 fully saturated rings. The first-order valence-corrected chi connectivity index (χ1v) is 7.81.